The molecule has 2 atom stereocenters. The summed E-state index contributed by atoms with van der Waals surface area (Å²) in [6.45, 7) is 5.91. The van der Waals surface area contributed by atoms with Crippen LogP contribution < -0.4 is 14.5 Å². The molecule has 248 valence electrons. The Labute approximate surface area is 282 Å². The Morgan fingerprint density at radius 3 is 2.59 bits per heavy atom. The van der Waals surface area contributed by atoms with Crippen LogP contribution in [0.4, 0.5) is 16.3 Å². The highest BCUT2D eigenvalue weighted by Crippen LogP contribution is 2.54. The predicted octanol–water partition coefficient (Wildman–Crippen LogP) is 4.94. The molecule has 1 aromatic carbocycles. The highest BCUT2D eigenvalue weighted by molar-refractivity contribution is 6.11. The van der Waals surface area contributed by atoms with Gasteiger partial charge in [-0.2, -0.15) is 5.10 Å². The summed E-state index contributed by atoms with van der Waals surface area (Å²) in [4.78, 5) is 44.9. The van der Waals surface area contributed by atoms with E-state index in [9.17, 15) is 9.59 Å². The molecular formula is C37H36N8O4. The normalized spacial score (nSPS) is 22.7. The fourth-order valence-corrected chi connectivity index (χ4v) is 7.72. The minimum absolute atomic E-state index is 0.00409. The Kier molecular flexibility index (Phi) is 6.16. The SMILES string of the molecule is Cc1ccnc([C@H]2C[C@@H]2c2cc(N3CC4(COC4)C3)c3ccc(OCc4cc5cc(C6CC6)cc(N6CC(=O)N(C)C6=O)n5n4)cc3n2)n1. The van der Waals surface area contributed by atoms with E-state index in [0.717, 1.165) is 89.8 Å². The van der Waals surface area contributed by atoms with Gasteiger partial charge in [-0.15, -0.1) is 0 Å². The van der Waals surface area contributed by atoms with Gasteiger partial charge in [0.25, 0.3) is 5.91 Å². The zero-order chi connectivity index (χ0) is 33.0. The Balaban J connectivity index is 0.950. The van der Waals surface area contributed by atoms with E-state index in [1.807, 2.05) is 43.5 Å². The van der Waals surface area contributed by atoms with Crippen molar-refractivity contribution in [3.05, 3.63) is 83.2 Å². The van der Waals surface area contributed by atoms with Gasteiger partial charge in [0.05, 0.1) is 29.7 Å². The summed E-state index contributed by atoms with van der Waals surface area (Å²) in [5.41, 5.74) is 7.23. The fourth-order valence-electron chi connectivity index (χ4n) is 7.72. The molecule has 2 saturated carbocycles. The highest BCUT2D eigenvalue weighted by atomic mass is 16.5. The van der Waals surface area contributed by atoms with Crippen molar-refractivity contribution in [3.63, 3.8) is 0 Å². The second-order valence-corrected chi connectivity index (χ2v) is 14.6. The highest BCUT2D eigenvalue weighted by Gasteiger charge is 2.50. The number of carbonyl (C=O) groups excluding carboxylic acids is 2. The van der Waals surface area contributed by atoms with Gasteiger partial charge in [0, 0.05) is 66.7 Å². The van der Waals surface area contributed by atoms with Gasteiger partial charge in [0.15, 0.2) is 0 Å². The standard InChI is InChI=1S/C37H36N8O4/c1-21-7-8-38-35(39-21)29-13-28(29)31-14-32(43-17-37(18-43)19-48-20-37)27-6-5-26(12-30(27)40-31)49-16-24-11-25-9-23(22-3-4-22)10-33(45(25)41-24)44-15-34(46)42(2)36(44)47/h5-12,14,22,28-29H,3-4,13,15-20H2,1-2H3/t28-,29-/m0/s1. The van der Waals surface area contributed by atoms with Crippen LogP contribution in [0.15, 0.2) is 54.7 Å². The molecule has 4 aromatic heterocycles. The van der Waals surface area contributed by atoms with E-state index < -0.39 is 0 Å². The Morgan fingerprint density at radius 2 is 1.86 bits per heavy atom. The molecule has 3 aliphatic heterocycles. The van der Waals surface area contributed by atoms with Gasteiger partial charge >= 0.3 is 6.03 Å². The summed E-state index contributed by atoms with van der Waals surface area (Å²) in [5, 5.41) is 5.94. The van der Waals surface area contributed by atoms with Crippen molar-refractivity contribution in [2.24, 2.45) is 5.41 Å². The number of likely N-dealkylation sites (N-methyl/N-ethyl adjacent to an activating group) is 1. The van der Waals surface area contributed by atoms with E-state index in [1.54, 1.807) is 4.52 Å². The van der Waals surface area contributed by atoms with Crippen molar-refractivity contribution < 1.29 is 19.1 Å². The van der Waals surface area contributed by atoms with Gasteiger partial charge in [-0.1, -0.05) is 0 Å². The largest absolute Gasteiger partial charge is 0.487 e. The van der Waals surface area contributed by atoms with Crippen LogP contribution in [0, 0.1) is 12.3 Å². The molecular weight excluding hydrogens is 620 g/mol. The third-order valence-corrected chi connectivity index (χ3v) is 10.8. The van der Waals surface area contributed by atoms with E-state index in [2.05, 4.69) is 28.1 Å². The number of anilines is 2. The lowest BCUT2D eigenvalue weighted by Crippen LogP contribution is -2.66. The first kappa shape index (κ1) is 28.9. The first-order chi connectivity index (χ1) is 23.8. The molecule has 0 radical (unpaired) electrons. The van der Waals surface area contributed by atoms with Crippen molar-refractivity contribution >= 4 is 39.9 Å². The Bertz CT molecular complexity index is 2200. The van der Waals surface area contributed by atoms with Crippen molar-refractivity contribution in [1.29, 1.82) is 0 Å². The van der Waals surface area contributed by atoms with Gasteiger partial charge in [-0.3, -0.25) is 19.6 Å². The zero-order valence-electron chi connectivity index (χ0n) is 27.5. The molecule has 12 heteroatoms. The van der Waals surface area contributed by atoms with Crippen LogP contribution >= 0.6 is 0 Å². The molecule has 0 bridgehead atoms. The number of ether oxygens (including phenoxy) is 2. The summed E-state index contributed by atoms with van der Waals surface area (Å²) in [6.07, 6.45) is 5.08. The minimum Gasteiger partial charge on any atom is -0.487 e. The van der Waals surface area contributed by atoms with E-state index in [1.165, 1.54) is 23.2 Å². The van der Waals surface area contributed by atoms with Crippen LogP contribution in [0.1, 0.15) is 65.5 Å². The number of amides is 3. The van der Waals surface area contributed by atoms with Gasteiger partial charge in [-0.05, 0) is 80.1 Å². The molecule has 3 amide bonds. The second kappa shape index (κ2) is 10.4. The average molecular weight is 657 g/mol. The topological polar surface area (TPSA) is 118 Å². The van der Waals surface area contributed by atoms with Crippen molar-refractivity contribution in [2.75, 3.05) is 49.7 Å². The lowest BCUT2D eigenvalue weighted by molar-refractivity contribution is -0.126. The number of hydrogen-bond donors (Lipinski definition) is 0. The summed E-state index contributed by atoms with van der Waals surface area (Å²) in [7, 11) is 1.52. The van der Waals surface area contributed by atoms with Gasteiger partial charge in [-0.25, -0.2) is 19.3 Å². The zero-order valence-corrected chi connectivity index (χ0v) is 27.5. The molecule has 12 nitrogen and oxygen atoms in total. The number of fused-ring (bicyclic) bond motifs is 2. The van der Waals surface area contributed by atoms with Crippen LogP contribution in [0.2, 0.25) is 0 Å². The van der Waals surface area contributed by atoms with E-state index in [0.29, 0.717) is 17.5 Å². The second-order valence-electron chi connectivity index (χ2n) is 14.6. The lowest BCUT2D eigenvalue weighted by Gasteiger charge is -2.56. The molecule has 5 fully saturated rings. The van der Waals surface area contributed by atoms with Crippen molar-refractivity contribution in [2.45, 2.75) is 50.5 Å². The quantitative estimate of drug-likeness (QED) is 0.214. The van der Waals surface area contributed by atoms with Crippen LogP contribution in [0.25, 0.3) is 16.4 Å². The number of nitrogens with zero attached hydrogens (tertiary/aromatic N) is 8. The van der Waals surface area contributed by atoms with Crippen LogP contribution in [-0.4, -0.2) is 81.3 Å². The van der Waals surface area contributed by atoms with E-state index in [4.69, 9.17) is 24.5 Å². The van der Waals surface area contributed by atoms with Crippen molar-refractivity contribution in [1.82, 2.24) is 29.5 Å². The number of aromatic nitrogens is 5. The number of pyridine rings is 2. The molecule has 0 N–H and O–H groups in total. The maximum Gasteiger partial charge on any atom is 0.332 e. The van der Waals surface area contributed by atoms with Crippen molar-refractivity contribution in [3.8, 4) is 5.75 Å². The Hall–Kier alpha value is -5.10. The Morgan fingerprint density at radius 1 is 1.00 bits per heavy atom. The predicted molar refractivity (Wildman–Crippen MR) is 181 cm³/mol. The maximum absolute atomic E-state index is 12.9. The van der Waals surface area contributed by atoms with E-state index >= 15 is 0 Å². The summed E-state index contributed by atoms with van der Waals surface area (Å²) in [5.74, 6) is 3.02. The molecule has 5 aliphatic rings. The fraction of sp³-hybridized carbons (Fsp3) is 0.405. The molecule has 1 spiro atoms. The first-order valence-corrected chi connectivity index (χ1v) is 17.1. The van der Waals surface area contributed by atoms with Crippen LogP contribution in [0.3, 0.4) is 0 Å². The number of benzene rings is 1. The molecule has 5 aromatic rings. The number of rotatable bonds is 8. The first-order valence-electron chi connectivity index (χ1n) is 17.1. The molecule has 2 aliphatic carbocycles. The third kappa shape index (κ3) is 4.83. The van der Waals surface area contributed by atoms with Crippen LogP contribution in [0.5, 0.6) is 5.75 Å². The lowest BCUT2D eigenvalue weighted by atomic mass is 9.77. The molecule has 10 rings (SSSR count). The molecule has 49 heavy (non-hydrogen) atoms. The number of aryl methyl sites for hydroxylation is 1. The van der Waals surface area contributed by atoms with Gasteiger partial charge in [0.1, 0.15) is 36.2 Å². The van der Waals surface area contributed by atoms with Gasteiger partial charge < -0.3 is 14.4 Å². The maximum atomic E-state index is 12.9. The van der Waals surface area contributed by atoms with Gasteiger partial charge in [0.2, 0.25) is 0 Å². The number of hydrogen-bond acceptors (Lipinski definition) is 9. The number of urea groups is 1. The van der Waals surface area contributed by atoms with Crippen LogP contribution in [-0.2, 0) is 16.1 Å². The molecule has 0 unspecified atom stereocenters. The number of carbonyl (C=O) groups is 2. The molecule has 7 heterocycles. The third-order valence-electron chi connectivity index (χ3n) is 10.8. The summed E-state index contributed by atoms with van der Waals surface area (Å²) in [6, 6.07) is 16.2. The number of imide groups is 1. The monoisotopic (exact) mass is 656 g/mol. The summed E-state index contributed by atoms with van der Waals surface area (Å²) < 4.78 is 13.7. The smallest absolute Gasteiger partial charge is 0.332 e. The van der Waals surface area contributed by atoms with E-state index in [-0.39, 0.29) is 42.3 Å². The molecule has 3 saturated heterocycles. The average Bonchev–Trinajstić information content (AvgIpc) is 3.99. The minimum atomic E-state index is -0.340. The summed E-state index contributed by atoms with van der Waals surface area (Å²) >= 11 is 0.